The summed E-state index contributed by atoms with van der Waals surface area (Å²) in [4.78, 5) is 26.5. The second-order valence-electron chi connectivity index (χ2n) is 9.00. The van der Waals surface area contributed by atoms with Crippen LogP contribution in [0.5, 0.6) is 0 Å². The molecule has 3 N–H and O–H groups in total. The molecule has 33 heavy (non-hydrogen) atoms. The molecule has 7 heteroatoms. The van der Waals surface area contributed by atoms with Gasteiger partial charge in [0.1, 0.15) is 0 Å². The van der Waals surface area contributed by atoms with Gasteiger partial charge in [-0.25, -0.2) is 4.79 Å². The van der Waals surface area contributed by atoms with E-state index in [4.69, 9.17) is 4.74 Å². The minimum Gasteiger partial charge on any atom is -0.481 e. The van der Waals surface area contributed by atoms with Gasteiger partial charge in [-0.15, -0.1) is 0 Å². The third kappa shape index (κ3) is 6.48. The predicted molar refractivity (Wildman–Crippen MR) is 132 cm³/mol. The summed E-state index contributed by atoms with van der Waals surface area (Å²) in [6.07, 6.45) is 0.754. The van der Waals surface area contributed by atoms with Gasteiger partial charge in [-0.05, 0) is 55.0 Å². The highest BCUT2D eigenvalue weighted by atomic mass is 16.5. The Bertz CT molecular complexity index is 959. The number of benzene rings is 2. The van der Waals surface area contributed by atoms with Crippen molar-refractivity contribution in [3.8, 4) is 0 Å². The summed E-state index contributed by atoms with van der Waals surface area (Å²) in [6, 6.07) is 13.4. The fourth-order valence-electron chi connectivity index (χ4n) is 4.26. The maximum absolute atomic E-state index is 12.9. The molecule has 1 saturated heterocycles. The highest BCUT2D eigenvalue weighted by Gasteiger charge is 2.28. The number of nitrogens with one attached hydrogen (secondary N) is 2. The van der Waals surface area contributed by atoms with Crippen molar-refractivity contribution in [3.05, 3.63) is 53.6 Å². The number of ether oxygens (including phenoxy) is 1. The lowest BCUT2D eigenvalue weighted by atomic mass is 9.92. The van der Waals surface area contributed by atoms with Gasteiger partial charge in [0.2, 0.25) is 0 Å². The lowest BCUT2D eigenvalue weighted by Gasteiger charge is -2.40. The number of rotatable bonds is 8. The van der Waals surface area contributed by atoms with E-state index in [-0.39, 0.29) is 24.4 Å². The molecule has 0 spiro atoms. The molecule has 1 fully saturated rings. The topological polar surface area (TPSA) is 90.9 Å². The van der Waals surface area contributed by atoms with Crippen molar-refractivity contribution in [1.29, 1.82) is 0 Å². The van der Waals surface area contributed by atoms with Gasteiger partial charge in [-0.1, -0.05) is 44.5 Å². The number of hydrogen-bond donors (Lipinski definition) is 3. The molecule has 1 aliphatic heterocycles. The van der Waals surface area contributed by atoms with Crippen molar-refractivity contribution in [3.63, 3.8) is 0 Å². The molecule has 7 nitrogen and oxygen atoms in total. The molecule has 1 unspecified atom stereocenters. The molecule has 2 aromatic carbocycles. The minimum atomic E-state index is -0.828. The molecule has 178 valence electrons. The number of carboxylic acid groups (broad SMARTS) is 1. The lowest BCUT2D eigenvalue weighted by molar-refractivity contribution is -0.137. The summed E-state index contributed by atoms with van der Waals surface area (Å²) in [7, 11) is 0. The van der Waals surface area contributed by atoms with Crippen molar-refractivity contribution in [2.45, 2.75) is 52.5 Å². The van der Waals surface area contributed by atoms with Crippen molar-refractivity contribution < 1.29 is 19.4 Å². The van der Waals surface area contributed by atoms with Crippen molar-refractivity contribution in [2.24, 2.45) is 5.92 Å². The first-order chi connectivity index (χ1) is 15.8. The van der Waals surface area contributed by atoms with Gasteiger partial charge < -0.3 is 25.4 Å². The van der Waals surface area contributed by atoms with E-state index in [2.05, 4.69) is 29.4 Å². The molecular weight excluding hydrogens is 418 g/mol. The van der Waals surface area contributed by atoms with Gasteiger partial charge in [0, 0.05) is 12.2 Å². The maximum atomic E-state index is 12.9. The molecule has 0 bridgehead atoms. The van der Waals surface area contributed by atoms with Crippen LogP contribution >= 0.6 is 0 Å². The number of morpholine rings is 1. The SMILES string of the molecule is CCC(CC(=O)O)c1ccc(N2CCOC[C@@H]2C(C)C)c(NC(=O)Nc2ccc(C)cc2)c1. The van der Waals surface area contributed by atoms with Gasteiger partial charge in [-0.2, -0.15) is 0 Å². The Balaban J connectivity index is 1.93. The molecule has 0 radical (unpaired) electrons. The second-order valence-corrected chi connectivity index (χ2v) is 9.00. The number of nitrogens with zero attached hydrogens (tertiary/aromatic N) is 1. The third-order valence-corrected chi connectivity index (χ3v) is 6.21. The Kier molecular flexibility index (Phi) is 8.33. The Morgan fingerprint density at radius 2 is 1.88 bits per heavy atom. The molecule has 1 aliphatic rings. The van der Waals surface area contributed by atoms with Crippen LogP contribution in [0.3, 0.4) is 0 Å². The van der Waals surface area contributed by atoms with Crippen molar-refractivity contribution >= 4 is 29.1 Å². The first-order valence-corrected chi connectivity index (χ1v) is 11.6. The number of amides is 2. The third-order valence-electron chi connectivity index (χ3n) is 6.21. The van der Waals surface area contributed by atoms with Crippen LogP contribution in [0.2, 0.25) is 0 Å². The van der Waals surface area contributed by atoms with E-state index in [1.807, 2.05) is 56.3 Å². The normalized spacial score (nSPS) is 17.0. The average Bonchev–Trinajstić information content (AvgIpc) is 2.78. The molecule has 2 aromatic rings. The standard InChI is InChI=1S/C26H35N3O4/c1-5-19(15-25(30)31)20-8-11-23(29-12-13-33-16-24(29)17(2)3)22(14-20)28-26(32)27-21-9-6-18(4)7-10-21/h6-11,14,17,19,24H,5,12-13,15-16H2,1-4H3,(H,30,31)(H2,27,28,32)/t19?,24-/m1/s1. The maximum Gasteiger partial charge on any atom is 0.323 e. The van der Waals surface area contributed by atoms with Crippen molar-refractivity contribution in [2.75, 3.05) is 35.3 Å². The van der Waals surface area contributed by atoms with E-state index in [9.17, 15) is 14.7 Å². The van der Waals surface area contributed by atoms with Crippen LogP contribution in [0.4, 0.5) is 21.9 Å². The van der Waals surface area contributed by atoms with Gasteiger partial charge >= 0.3 is 12.0 Å². The second kappa shape index (κ2) is 11.2. The Morgan fingerprint density at radius 3 is 2.52 bits per heavy atom. The van der Waals surface area contributed by atoms with Crippen LogP contribution in [0.1, 0.15) is 50.7 Å². The van der Waals surface area contributed by atoms with Crippen LogP contribution in [0, 0.1) is 12.8 Å². The molecular formula is C26H35N3O4. The summed E-state index contributed by atoms with van der Waals surface area (Å²) in [5, 5.41) is 15.2. The number of anilines is 3. The van der Waals surface area contributed by atoms with Crippen LogP contribution < -0.4 is 15.5 Å². The predicted octanol–water partition coefficient (Wildman–Crippen LogP) is 5.47. The monoisotopic (exact) mass is 453 g/mol. The highest BCUT2D eigenvalue weighted by Crippen LogP contribution is 2.35. The molecule has 0 saturated carbocycles. The van der Waals surface area contributed by atoms with E-state index >= 15 is 0 Å². The lowest BCUT2D eigenvalue weighted by Crippen LogP contribution is -2.48. The van der Waals surface area contributed by atoms with Crippen LogP contribution in [-0.4, -0.2) is 42.9 Å². The fraction of sp³-hybridized carbons (Fsp3) is 0.462. The number of hydrogen-bond acceptors (Lipinski definition) is 4. The Hall–Kier alpha value is -3.06. The van der Waals surface area contributed by atoms with E-state index in [1.165, 1.54) is 0 Å². The van der Waals surface area contributed by atoms with Crippen LogP contribution in [0.15, 0.2) is 42.5 Å². The fourth-order valence-corrected chi connectivity index (χ4v) is 4.26. The number of carbonyl (C=O) groups is 2. The van der Waals surface area contributed by atoms with E-state index < -0.39 is 5.97 Å². The molecule has 3 rings (SSSR count). The molecule has 1 heterocycles. The summed E-state index contributed by atoms with van der Waals surface area (Å²) >= 11 is 0. The molecule has 2 amide bonds. The minimum absolute atomic E-state index is 0.0526. The quantitative estimate of drug-likeness (QED) is 0.493. The average molecular weight is 454 g/mol. The largest absolute Gasteiger partial charge is 0.481 e. The zero-order valence-electron chi connectivity index (χ0n) is 19.9. The number of aliphatic carboxylic acids is 1. The Labute approximate surface area is 196 Å². The number of aryl methyl sites for hydroxylation is 1. The molecule has 0 aromatic heterocycles. The number of urea groups is 1. The Morgan fingerprint density at radius 1 is 1.15 bits per heavy atom. The smallest absolute Gasteiger partial charge is 0.323 e. The van der Waals surface area contributed by atoms with Gasteiger partial charge in [0.05, 0.1) is 37.1 Å². The zero-order chi connectivity index (χ0) is 24.0. The van der Waals surface area contributed by atoms with Gasteiger partial charge in [-0.3, -0.25) is 4.79 Å². The molecule has 2 atom stereocenters. The van der Waals surface area contributed by atoms with E-state index in [0.29, 0.717) is 36.9 Å². The first-order valence-electron chi connectivity index (χ1n) is 11.6. The van der Waals surface area contributed by atoms with E-state index in [0.717, 1.165) is 23.4 Å². The number of carboxylic acids is 1. The summed E-state index contributed by atoms with van der Waals surface area (Å²) in [5.74, 6) is -0.581. The summed E-state index contributed by atoms with van der Waals surface area (Å²) < 4.78 is 5.72. The van der Waals surface area contributed by atoms with Crippen molar-refractivity contribution in [1.82, 2.24) is 0 Å². The van der Waals surface area contributed by atoms with Gasteiger partial charge in [0.25, 0.3) is 0 Å². The zero-order valence-corrected chi connectivity index (χ0v) is 19.9. The first kappa shape index (κ1) is 24.6. The van der Waals surface area contributed by atoms with Gasteiger partial charge in [0.15, 0.2) is 0 Å². The van der Waals surface area contributed by atoms with E-state index in [1.54, 1.807) is 0 Å². The highest BCUT2D eigenvalue weighted by molar-refractivity contribution is 6.02. The molecule has 0 aliphatic carbocycles. The van der Waals surface area contributed by atoms with Crippen LogP contribution in [-0.2, 0) is 9.53 Å². The number of carbonyl (C=O) groups excluding carboxylic acids is 1. The summed E-state index contributed by atoms with van der Waals surface area (Å²) in [5.41, 5.74) is 4.33. The van der Waals surface area contributed by atoms with Crippen LogP contribution in [0.25, 0.3) is 0 Å². The summed E-state index contributed by atoms with van der Waals surface area (Å²) in [6.45, 7) is 10.3.